The standard InChI is InChI=1S/C8H11FO2S/c1-4-6-8(7(9)5-2)12(3,10)11/h4-6H,2H2,1,3H3/b6-4-,8-7-. The average molecular weight is 190 g/mol. The lowest BCUT2D eigenvalue weighted by atomic mass is 10.4. The van der Waals surface area contributed by atoms with Gasteiger partial charge in [-0.25, -0.2) is 12.8 Å². The van der Waals surface area contributed by atoms with Gasteiger partial charge in [-0.1, -0.05) is 12.7 Å². The minimum atomic E-state index is -3.49. The maximum atomic E-state index is 12.8. The highest BCUT2D eigenvalue weighted by atomic mass is 32.2. The monoisotopic (exact) mass is 190 g/mol. The van der Waals surface area contributed by atoms with E-state index in [2.05, 4.69) is 6.58 Å². The van der Waals surface area contributed by atoms with Crippen LogP contribution in [0.2, 0.25) is 0 Å². The van der Waals surface area contributed by atoms with Gasteiger partial charge in [-0.3, -0.25) is 0 Å². The summed E-state index contributed by atoms with van der Waals surface area (Å²) < 4.78 is 34.7. The van der Waals surface area contributed by atoms with Crippen LogP contribution in [-0.4, -0.2) is 14.7 Å². The molecule has 0 atom stereocenters. The molecule has 0 heterocycles. The van der Waals surface area contributed by atoms with E-state index in [4.69, 9.17) is 0 Å². The van der Waals surface area contributed by atoms with Gasteiger partial charge >= 0.3 is 0 Å². The smallest absolute Gasteiger partial charge is 0.178 e. The van der Waals surface area contributed by atoms with Crippen LogP contribution in [0, 0.1) is 0 Å². The van der Waals surface area contributed by atoms with Crippen LogP contribution < -0.4 is 0 Å². The van der Waals surface area contributed by atoms with Crippen molar-refractivity contribution in [2.75, 3.05) is 6.26 Å². The third-order valence-corrected chi connectivity index (χ3v) is 2.26. The Morgan fingerprint density at radius 3 is 2.25 bits per heavy atom. The first-order valence-electron chi connectivity index (χ1n) is 3.28. The molecular formula is C8H11FO2S. The molecule has 0 aromatic heterocycles. The first kappa shape index (κ1) is 11.1. The lowest BCUT2D eigenvalue weighted by molar-refractivity contribution is 0.604. The molecular weight excluding hydrogens is 179 g/mol. The number of allylic oxidation sites excluding steroid dienone is 4. The molecule has 0 rings (SSSR count). The summed E-state index contributed by atoms with van der Waals surface area (Å²) in [6, 6.07) is 0. The lowest BCUT2D eigenvalue weighted by Crippen LogP contribution is -1.99. The van der Waals surface area contributed by atoms with Gasteiger partial charge in [0.25, 0.3) is 0 Å². The molecule has 0 bridgehead atoms. The van der Waals surface area contributed by atoms with Crippen molar-refractivity contribution in [1.82, 2.24) is 0 Å². The maximum Gasteiger partial charge on any atom is 0.178 e. The molecule has 0 radical (unpaired) electrons. The van der Waals surface area contributed by atoms with Crippen LogP contribution in [-0.2, 0) is 9.84 Å². The molecule has 4 heteroatoms. The second-order valence-electron chi connectivity index (χ2n) is 2.19. The third-order valence-electron chi connectivity index (χ3n) is 1.13. The number of hydrogen-bond acceptors (Lipinski definition) is 2. The summed E-state index contributed by atoms with van der Waals surface area (Å²) in [5, 5.41) is 0. The molecule has 0 aromatic rings. The van der Waals surface area contributed by atoms with E-state index in [-0.39, 0.29) is 4.91 Å². The van der Waals surface area contributed by atoms with Crippen LogP contribution in [0.4, 0.5) is 4.39 Å². The van der Waals surface area contributed by atoms with Gasteiger partial charge in [0.05, 0.1) is 0 Å². The number of halogens is 1. The number of rotatable bonds is 3. The Labute approximate surface area is 72.0 Å². The molecule has 0 spiro atoms. The SMILES string of the molecule is C=C/C(F)=C(\C=C/C)S(C)(=O)=O. The Morgan fingerprint density at radius 1 is 1.50 bits per heavy atom. The third kappa shape index (κ3) is 3.00. The zero-order valence-corrected chi connectivity index (χ0v) is 7.86. The summed E-state index contributed by atoms with van der Waals surface area (Å²) in [7, 11) is -3.49. The van der Waals surface area contributed by atoms with Gasteiger partial charge < -0.3 is 0 Å². The molecule has 0 N–H and O–H groups in total. The van der Waals surface area contributed by atoms with Crippen molar-refractivity contribution in [3.63, 3.8) is 0 Å². The largest absolute Gasteiger partial charge is 0.224 e. The van der Waals surface area contributed by atoms with Crippen molar-refractivity contribution >= 4 is 9.84 Å². The molecule has 0 aliphatic carbocycles. The van der Waals surface area contributed by atoms with E-state index in [1.54, 1.807) is 6.92 Å². The molecule has 0 unspecified atom stereocenters. The van der Waals surface area contributed by atoms with Gasteiger partial charge in [0.1, 0.15) is 10.7 Å². The lowest BCUT2D eigenvalue weighted by Gasteiger charge is -1.98. The fraction of sp³-hybridized carbons (Fsp3) is 0.250. The van der Waals surface area contributed by atoms with Crippen LogP contribution in [0.5, 0.6) is 0 Å². The van der Waals surface area contributed by atoms with Gasteiger partial charge in [-0.15, -0.1) is 0 Å². The van der Waals surface area contributed by atoms with Gasteiger partial charge in [-0.05, 0) is 19.1 Å². The molecule has 0 aromatic carbocycles. The van der Waals surface area contributed by atoms with Crippen molar-refractivity contribution < 1.29 is 12.8 Å². The zero-order chi connectivity index (χ0) is 9.78. The van der Waals surface area contributed by atoms with E-state index in [1.165, 1.54) is 12.2 Å². The van der Waals surface area contributed by atoms with Crippen LogP contribution in [0.25, 0.3) is 0 Å². The fourth-order valence-electron chi connectivity index (χ4n) is 0.632. The van der Waals surface area contributed by atoms with Gasteiger partial charge in [0.2, 0.25) is 0 Å². The molecule has 0 fully saturated rings. The Balaban J connectivity index is 5.36. The predicted molar refractivity (Wildman–Crippen MR) is 48.0 cm³/mol. The van der Waals surface area contributed by atoms with Crippen molar-refractivity contribution in [3.8, 4) is 0 Å². The highest BCUT2D eigenvalue weighted by Gasteiger charge is 2.12. The predicted octanol–water partition coefficient (Wildman–Crippen LogP) is 1.97. The number of hydrogen-bond donors (Lipinski definition) is 0. The Hall–Kier alpha value is -0.900. The number of sulfone groups is 1. The first-order valence-corrected chi connectivity index (χ1v) is 5.17. The Bertz CT molecular complexity index is 323. The van der Waals surface area contributed by atoms with Gasteiger partial charge in [0, 0.05) is 6.26 Å². The molecule has 2 nitrogen and oxygen atoms in total. The normalized spacial score (nSPS) is 14.6. The molecule has 0 saturated heterocycles. The highest BCUT2D eigenvalue weighted by molar-refractivity contribution is 7.94. The molecule has 0 amide bonds. The summed E-state index contributed by atoms with van der Waals surface area (Å²) in [4.78, 5) is -0.333. The van der Waals surface area contributed by atoms with E-state index in [9.17, 15) is 12.8 Å². The highest BCUT2D eigenvalue weighted by Crippen LogP contribution is 2.14. The van der Waals surface area contributed by atoms with E-state index < -0.39 is 15.7 Å². The summed E-state index contributed by atoms with van der Waals surface area (Å²) >= 11 is 0. The van der Waals surface area contributed by atoms with E-state index in [1.807, 2.05) is 0 Å². The van der Waals surface area contributed by atoms with E-state index in [0.29, 0.717) is 0 Å². The van der Waals surface area contributed by atoms with Crippen LogP contribution in [0.3, 0.4) is 0 Å². The fourth-order valence-corrected chi connectivity index (χ4v) is 1.45. The van der Waals surface area contributed by atoms with Crippen molar-refractivity contribution in [3.05, 3.63) is 35.5 Å². The molecule has 0 saturated carbocycles. The minimum Gasteiger partial charge on any atom is -0.224 e. The molecule has 0 aliphatic rings. The quantitative estimate of drug-likeness (QED) is 0.638. The second-order valence-corrected chi connectivity index (χ2v) is 4.17. The van der Waals surface area contributed by atoms with Gasteiger partial charge in [-0.2, -0.15) is 0 Å². The summed E-state index contributed by atoms with van der Waals surface area (Å²) in [6.07, 6.45) is 4.48. The Kier molecular flexibility index (Phi) is 3.89. The Morgan fingerprint density at radius 2 is 2.00 bits per heavy atom. The first-order chi connectivity index (χ1) is 5.43. The van der Waals surface area contributed by atoms with Crippen LogP contribution in [0.15, 0.2) is 35.5 Å². The average Bonchev–Trinajstić information content (AvgIpc) is 1.96. The van der Waals surface area contributed by atoms with Crippen LogP contribution >= 0.6 is 0 Å². The molecule has 68 valence electrons. The van der Waals surface area contributed by atoms with Crippen molar-refractivity contribution in [2.45, 2.75) is 6.92 Å². The molecule has 0 aliphatic heterocycles. The maximum absolute atomic E-state index is 12.8. The topological polar surface area (TPSA) is 34.1 Å². The summed E-state index contributed by atoms with van der Waals surface area (Å²) in [6.45, 7) is 4.76. The zero-order valence-electron chi connectivity index (χ0n) is 7.04. The summed E-state index contributed by atoms with van der Waals surface area (Å²) in [5.74, 6) is -0.824. The van der Waals surface area contributed by atoms with Crippen LogP contribution in [0.1, 0.15) is 6.92 Å². The van der Waals surface area contributed by atoms with Gasteiger partial charge in [0.15, 0.2) is 9.84 Å². The summed E-state index contributed by atoms with van der Waals surface area (Å²) in [5.41, 5.74) is 0. The van der Waals surface area contributed by atoms with Crippen molar-refractivity contribution in [1.29, 1.82) is 0 Å². The minimum absolute atomic E-state index is 0.333. The van der Waals surface area contributed by atoms with Crippen molar-refractivity contribution in [2.24, 2.45) is 0 Å². The van der Waals surface area contributed by atoms with E-state index in [0.717, 1.165) is 12.3 Å². The molecule has 12 heavy (non-hydrogen) atoms. The van der Waals surface area contributed by atoms with E-state index >= 15 is 0 Å². The second kappa shape index (κ2) is 4.21.